The molecule has 0 bridgehead atoms. The maximum absolute atomic E-state index is 9.74. The largest absolute Gasteiger partial charge is 0.508 e. The van der Waals surface area contributed by atoms with Crippen molar-refractivity contribution in [2.75, 3.05) is 0 Å². The molecule has 0 fully saturated rings. The molecule has 0 aromatic heterocycles. The monoisotopic (exact) mass is 350 g/mol. The third kappa shape index (κ3) is 2.42. The predicted octanol–water partition coefficient (Wildman–Crippen LogP) is 3.53. The first-order valence-corrected chi connectivity index (χ1v) is 8.98. The van der Waals surface area contributed by atoms with Crippen LogP contribution in [0.25, 0.3) is 11.6 Å². The van der Waals surface area contributed by atoms with Gasteiger partial charge in [-0.25, -0.2) is 0 Å². The second-order valence-corrected chi connectivity index (χ2v) is 7.04. The van der Waals surface area contributed by atoms with Crippen molar-refractivity contribution >= 4 is 11.6 Å². The Hall–Kier alpha value is -3.52. The molecule has 0 amide bonds. The highest BCUT2D eigenvalue weighted by Crippen LogP contribution is 2.42. The molecule has 3 aromatic carbocycles. The highest BCUT2D eigenvalue weighted by atomic mass is 16.3. The molecule has 2 heteroatoms. The predicted molar refractivity (Wildman–Crippen MR) is 108 cm³/mol. The van der Waals surface area contributed by atoms with Crippen LogP contribution in [0.4, 0.5) is 0 Å². The van der Waals surface area contributed by atoms with Gasteiger partial charge in [0.2, 0.25) is 0 Å². The van der Waals surface area contributed by atoms with E-state index in [0.29, 0.717) is 0 Å². The van der Waals surface area contributed by atoms with Crippen LogP contribution >= 0.6 is 0 Å². The second kappa shape index (κ2) is 5.75. The summed E-state index contributed by atoms with van der Waals surface area (Å²) in [6.07, 6.45) is 8.91. The van der Waals surface area contributed by atoms with E-state index >= 15 is 0 Å². The van der Waals surface area contributed by atoms with Crippen molar-refractivity contribution in [2.24, 2.45) is 0 Å². The molecule has 2 N–H and O–H groups in total. The molecule has 2 aliphatic carbocycles. The van der Waals surface area contributed by atoms with Crippen molar-refractivity contribution in [3.63, 3.8) is 0 Å². The summed E-state index contributed by atoms with van der Waals surface area (Å²) in [6, 6.07) is 23.1. The summed E-state index contributed by atoms with van der Waals surface area (Å²) in [5.74, 6) is 0.498. The lowest BCUT2D eigenvalue weighted by Gasteiger charge is -2.32. The smallest absolute Gasteiger partial charge is 0.115 e. The van der Waals surface area contributed by atoms with E-state index in [9.17, 15) is 10.2 Å². The van der Waals surface area contributed by atoms with Crippen LogP contribution in [0.15, 0.2) is 96.6 Å². The van der Waals surface area contributed by atoms with Gasteiger partial charge in [0.25, 0.3) is 0 Å². The molecule has 0 radical (unpaired) electrons. The number of rotatable bonds is 2. The summed E-state index contributed by atoms with van der Waals surface area (Å²) < 4.78 is 0. The zero-order valence-electron chi connectivity index (χ0n) is 14.6. The number of hydrogen-bond donors (Lipinski definition) is 2. The Bertz CT molecular complexity index is 1170. The molecule has 0 atom stereocenters. The van der Waals surface area contributed by atoms with Crippen LogP contribution in [-0.4, -0.2) is 10.2 Å². The van der Waals surface area contributed by atoms with E-state index in [0.717, 1.165) is 11.1 Å². The number of allylic oxidation sites excluding steroid dienone is 4. The number of benzene rings is 3. The first-order chi connectivity index (χ1) is 13.2. The van der Waals surface area contributed by atoms with Crippen LogP contribution in [0.5, 0.6) is 11.5 Å². The van der Waals surface area contributed by atoms with Gasteiger partial charge in [0, 0.05) is 0 Å². The first-order valence-electron chi connectivity index (χ1n) is 8.98. The molecule has 2 nitrogen and oxygen atoms in total. The number of phenols is 2. The van der Waals surface area contributed by atoms with Gasteiger partial charge in [-0.15, -0.1) is 0 Å². The van der Waals surface area contributed by atoms with Gasteiger partial charge in [-0.1, -0.05) is 66.8 Å². The van der Waals surface area contributed by atoms with E-state index in [1.165, 1.54) is 21.6 Å². The normalized spacial score (nSPS) is 16.3. The van der Waals surface area contributed by atoms with Crippen molar-refractivity contribution in [1.29, 1.82) is 0 Å². The highest BCUT2D eigenvalue weighted by Gasteiger charge is 2.33. The Morgan fingerprint density at radius 2 is 1.26 bits per heavy atom. The minimum atomic E-state index is -0.460. The SMILES string of the molecule is Oc1ccc(C2(c3ccc(O)cc3)C=CC3=c4ccccc4=CC3=C2)cc1. The minimum absolute atomic E-state index is 0.249. The zero-order chi connectivity index (χ0) is 18.4. The number of aromatic hydroxyl groups is 2. The Morgan fingerprint density at radius 3 is 1.89 bits per heavy atom. The minimum Gasteiger partial charge on any atom is -0.508 e. The van der Waals surface area contributed by atoms with Gasteiger partial charge in [0.1, 0.15) is 11.5 Å². The average molecular weight is 350 g/mol. The first kappa shape index (κ1) is 15.7. The van der Waals surface area contributed by atoms with Crippen LogP contribution in [0.3, 0.4) is 0 Å². The highest BCUT2D eigenvalue weighted by molar-refractivity contribution is 5.90. The molecule has 130 valence electrons. The lowest BCUT2D eigenvalue weighted by atomic mass is 9.70. The van der Waals surface area contributed by atoms with Crippen LogP contribution in [-0.2, 0) is 5.41 Å². The maximum atomic E-state index is 9.74. The van der Waals surface area contributed by atoms with E-state index in [2.05, 4.69) is 48.6 Å². The van der Waals surface area contributed by atoms with Crippen LogP contribution < -0.4 is 10.4 Å². The maximum Gasteiger partial charge on any atom is 0.115 e. The molecular formula is C25H18O2. The number of fused-ring (bicyclic) bond motifs is 2. The van der Waals surface area contributed by atoms with E-state index in [1.807, 2.05) is 24.3 Å². The van der Waals surface area contributed by atoms with Crippen LogP contribution in [0, 0.1) is 0 Å². The fraction of sp³-hybridized carbons (Fsp3) is 0.0400. The van der Waals surface area contributed by atoms with Crippen molar-refractivity contribution in [3.05, 3.63) is 118 Å². The Morgan fingerprint density at radius 1 is 0.667 bits per heavy atom. The van der Waals surface area contributed by atoms with Crippen LogP contribution in [0.1, 0.15) is 11.1 Å². The topological polar surface area (TPSA) is 40.5 Å². The van der Waals surface area contributed by atoms with Gasteiger partial charge in [0.15, 0.2) is 0 Å². The zero-order valence-corrected chi connectivity index (χ0v) is 14.6. The van der Waals surface area contributed by atoms with E-state index in [-0.39, 0.29) is 11.5 Å². The molecule has 0 spiro atoms. The Balaban J connectivity index is 1.78. The Labute approximate surface area is 157 Å². The molecule has 0 saturated heterocycles. The molecule has 27 heavy (non-hydrogen) atoms. The van der Waals surface area contributed by atoms with Crippen molar-refractivity contribution in [2.45, 2.75) is 5.41 Å². The van der Waals surface area contributed by atoms with Gasteiger partial charge in [-0.05, 0) is 63.1 Å². The molecule has 0 heterocycles. The fourth-order valence-electron chi connectivity index (χ4n) is 4.08. The van der Waals surface area contributed by atoms with Gasteiger partial charge >= 0.3 is 0 Å². The average Bonchev–Trinajstić information content (AvgIpc) is 3.06. The third-order valence-corrected chi connectivity index (χ3v) is 5.46. The fourth-order valence-corrected chi connectivity index (χ4v) is 4.08. The van der Waals surface area contributed by atoms with Crippen molar-refractivity contribution < 1.29 is 10.2 Å². The summed E-state index contributed by atoms with van der Waals surface area (Å²) in [6.45, 7) is 0. The van der Waals surface area contributed by atoms with Gasteiger partial charge < -0.3 is 10.2 Å². The van der Waals surface area contributed by atoms with Crippen molar-refractivity contribution in [3.8, 4) is 11.5 Å². The molecule has 0 aliphatic heterocycles. The summed E-state index contributed by atoms with van der Waals surface area (Å²) in [7, 11) is 0. The lowest BCUT2D eigenvalue weighted by molar-refractivity contribution is 0.475. The molecular weight excluding hydrogens is 332 g/mol. The summed E-state index contributed by atoms with van der Waals surface area (Å²) in [5, 5.41) is 22.0. The number of phenolic OH excluding ortho intramolecular Hbond substituents is 2. The summed E-state index contributed by atoms with van der Waals surface area (Å²) >= 11 is 0. The van der Waals surface area contributed by atoms with Gasteiger partial charge in [-0.3, -0.25) is 0 Å². The summed E-state index contributed by atoms with van der Waals surface area (Å²) in [5.41, 5.74) is 4.11. The third-order valence-electron chi connectivity index (χ3n) is 5.46. The van der Waals surface area contributed by atoms with Crippen molar-refractivity contribution in [1.82, 2.24) is 0 Å². The summed E-state index contributed by atoms with van der Waals surface area (Å²) in [4.78, 5) is 0. The van der Waals surface area contributed by atoms with Gasteiger partial charge in [-0.2, -0.15) is 0 Å². The van der Waals surface area contributed by atoms with E-state index in [1.54, 1.807) is 24.3 Å². The van der Waals surface area contributed by atoms with E-state index < -0.39 is 5.41 Å². The molecule has 0 saturated carbocycles. The van der Waals surface area contributed by atoms with Gasteiger partial charge in [0.05, 0.1) is 5.41 Å². The standard InChI is InChI=1S/C25H18O2/c26-21-9-5-19(6-10-21)25(20-7-11-22(27)12-8-20)14-13-24-18(16-25)15-17-3-1-2-4-23(17)24/h1-16,26-27H. The molecule has 3 aromatic rings. The van der Waals surface area contributed by atoms with E-state index in [4.69, 9.17) is 0 Å². The van der Waals surface area contributed by atoms with Crippen LogP contribution in [0.2, 0.25) is 0 Å². The number of hydrogen-bond acceptors (Lipinski definition) is 2. The molecule has 0 unspecified atom stereocenters. The molecule has 2 aliphatic rings. The Kier molecular flexibility index (Phi) is 3.34. The second-order valence-electron chi connectivity index (χ2n) is 7.04. The lowest BCUT2D eigenvalue weighted by Crippen LogP contribution is -2.26. The quantitative estimate of drug-likeness (QED) is 0.742. The molecule has 5 rings (SSSR count).